The summed E-state index contributed by atoms with van der Waals surface area (Å²) in [5.74, 6) is 0.762. The van der Waals surface area contributed by atoms with E-state index in [1.807, 2.05) is 12.1 Å². The molecule has 0 aliphatic carbocycles. The Morgan fingerprint density at radius 2 is 2.10 bits per heavy atom. The number of benzene rings is 1. The van der Waals surface area contributed by atoms with Gasteiger partial charge in [-0.15, -0.1) is 0 Å². The molecule has 0 aromatic heterocycles. The van der Waals surface area contributed by atoms with Gasteiger partial charge in [-0.3, -0.25) is 9.59 Å². The van der Waals surface area contributed by atoms with Crippen LogP contribution in [0.1, 0.15) is 6.42 Å². The van der Waals surface area contributed by atoms with Crippen molar-refractivity contribution in [1.82, 2.24) is 10.2 Å². The van der Waals surface area contributed by atoms with E-state index in [1.54, 1.807) is 19.2 Å². The number of nitrogens with one attached hydrogen (secondary N) is 1. The lowest BCUT2D eigenvalue weighted by Crippen LogP contribution is -2.39. The third-order valence-corrected chi connectivity index (χ3v) is 3.03. The number of ether oxygens (including phenoxy) is 2. The summed E-state index contributed by atoms with van der Waals surface area (Å²) in [4.78, 5) is 25.0. The Morgan fingerprint density at radius 3 is 2.85 bits per heavy atom. The molecule has 0 spiro atoms. The van der Waals surface area contributed by atoms with Crippen molar-refractivity contribution >= 4 is 11.8 Å². The summed E-state index contributed by atoms with van der Waals surface area (Å²) in [7, 11) is 1.54. The van der Waals surface area contributed by atoms with Crippen LogP contribution in [0.5, 0.6) is 11.5 Å². The largest absolute Gasteiger partial charge is 0.493 e. The lowest BCUT2D eigenvalue weighted by Gasteiger charge is -2.19. The summed E-state index contributed by atoms with van der Waals surface area (Å²) >= 11 is 0. The van der Waals surface area contributed by atoms with Crippen LogP contribution in [0.25, 0.3) is 0 Å². The van der Waals surface area contributed by atoms with E-state index < -0.39 is 0 Å². The highest BCUT2D eigenvalue weighted by atomic mass is 16.5. The van der Waals surface area contributed by atoms with Gasteiger partial charge in [0.15, 0.2) is 18.1 Å². The predicted octanol–water partition coefficient (Wildman–Crippen LogP) is 0.422. The van der Waals surface area contributed by atoms with Crippen LogP contribution in [0.15, 0.2) is 24.3 Å². The maximum absolute atomic E-state index is 12.0. The lowest BCUT2D eigenvalue weighted by atomic mass is 10.3. The monoisotopic (exact) mass is 278 g/mol. The molecule has 6 nitrogen and oxygen atoms in total. The van der Waals surface area contributed by atoms with Gasteiger partial charge in [-0.05, 0) is 18.6 Å². The second-order valence-corrected chi connectivity index (χ2v) is 4.46. The zero-order chi connectivity index (χ0) is 14.4. The van der Waals surface area contributed by atoms with Crippen molar-refractivity contribution in [3.63, 3.8) is 0 Å². The van der Waals surface area contributed by atoms with E-state index in [9.17, 15) is 9.59 Å². The highest BCUT2D eigenvalue weighted by molar-refractivity contribution is 5.85. The SMILES string of the molecule is COc1ccccc1OCC(=O)N1CCCNC(=O)C1. The molecule has 2 amide bonds. The quantitative estimate of drug-likeness (QED) is 0.867. The second-order valence-electron chi connectivity index (χ2n) is 4.46. The Hall–Kier alpha value is -2.24. The maximum atomic E-state index is 12.0. The zero-order valence-corrected chi connectivity index (χ0v) is 11.4. The van der Waals surface area contributed by atoms with Crippen LogP contribution in [0.4, 0.5) is 0 Å². The Labute approximate surface area is 117 Å². The summed E-state index contributed by atoms with van der Waals surface area (Å²) in [5, 5.41) is 2.73. The van der Waals surface area contributed by atoms with Crippen molar-refractivity contribution in [2.75, 3.05) is 33.4 Å². The fourth-order valence-electron chi connectivity index (χ4n) is 1.99. The number of hydrogen-bond acceptors (Lipinski definition) is 4. The first-order valence-electron chi connectivity index (χ1n) is 6.51. The molecular weight excluding hydrogens is 260 g/mol. The molecule has 0 radical (unpaired) electrons. The second kappa shape index (κ2) is 6.79. The van der Waals surface area contributed by atoms with Crippen LogP contribution in [0, 0.1) is 0 Å². The lowest BCUT2D eigenvalue weighted by molar-refractivity contribution is -0.136. The van der Waals surface area contributed by atoms with Gasteiger partial charge in [0.05, 0.1) is 13.7 Å². The van der Waals surface area contributed by atoms with E-state index in [0.29, 0.717) is 24.6 Å². The average Bonchev–Trinajstić information content (AvgIpc) is 2.69. The standard InChI is InChI=1S/C14H18N2O4/c1-19-11-5-2-3-6-12(11)20-10-14(18)16-8-4-7-15-13(17)9-16/h2-3,5-6H,4,7-10H2,1H3,(H,15,17). The van der Waals surface area contributed by atoms with Gasteiger partial charge in [0.25, 0.3) is 5.91 Å². The topological polar surface area (TPSA) is 67.9 Å². The molecule has 6 heteroatoms. The third kappa shape index (κ3) is 3.63. The normalized spacial score (nSPS) is 15.2. The van der Waals surface area contributed by atoms with Crippen LogP contribution >= 0.6 is 0 Å². The molecule has 0 bridgehead atoms. The van der Waals surface area contributed by atoms with Gasteiger partial charge in [0.2, 0.25) is 5.91 Å². The van der Waals surface area contributed by atoms with E-state index in [0.717, 1.165) is 6.42 Å². The minimum Gasteiger partial charge on any atom is -0.493 e. The van der Waals surface area contributed by atoms with E-state index in [4.69, 9.17) is 9.47 Å². The van der Waals surface area contributed by atoms with Crippen molar-refractivity contribution in [3.05, 3.63) is 24.3 Å². The summed E-state index contributed by atoms with van der Waals surface area (Å²) in [6.07, 6.45) is 0.756. The molecule has 1 heterocycles. The van der Waals surface area contributed by atoms with Gasteiger partial charge in [-0.1, -0.05) is 12.1 Å². The van der Waals surface area contributed by atoms with Crippen molar-refractivity contribution in [2.24, 2.45) is 0 Å². The molecule has 0 unspecified atom stereocenters. The zero-order valence-electron chi connectivity index (χ0n) is 11.4. The van der Waals surface area contributed by atoms with Crippen LogP contribution < -0.4 is 14.8 Å². The Bertz CT molecular complexity index is 490. The van der Waals surface area contributed by atoms with E-state index in [1.165, 1.54) is 4.90 Å². The van der Waals surface area contributed by atoms with E-state index >= 15 is 0 Å². The van der Waals surface area contributed by atoms with Gasteiger partial charge in [0, 0.05) is 13.1 Å². The Morgan fingerprint density at radius 1 is 1.35 bits per heavy atom. The van der Waals surface area contributed by atoms with Crippen molar-refractivity contribution in [2.45, 2.75) is 6.42 Å². The molecule has 1 aromatic rings. The van der Waals surface area contributed by atoms with Gasteiger partial charge < -0.3 is 19.7 Å². The smallest absolute Gasteiger partial charge is 0.260 e. The molecule has 1 aliphatic rings. The molecule has 2 rings (SSSR count). The molecule has 1 aromatic carbocycles. The first kappa shape index (κ1) is 14.2. The number of para-hydroxylation sites is 2. The van der Waals surface area contributed by atoms with Gasteiger partial charge >= 0.3 is 0 Å². The number of amides is 2. The predicted molar refractivity (Wildman–Crippen MR) is 72.7 cm³/mol. The summed E-state index contributed by atoms with van der Waals surface area (Å²) < 4.78 is 10.6. The van der Waals surface area contributed by atoms with Crippen LogP contribution in [0.2, 0.25) is 0 Å². The number of rotatable bonds is 4. The first-order chi connectivity index (χ1) is 9.70. The third-order valence-electron chi connectivity index (χ3n) is 3.03. The minimum atomic E-state index is -0.201. The first-order valence-corrected chi connectivity index (χ1v) is 6.51. The van der Waals surface area contributed by atoms with Gasteiger partial charge in [0.1, 0.15) is 0 Å². The van der Waals surface area contributed by atoms with Gasteiger partial charge in [-0.2, -0.15) is 0 Å². The molecule has 0 saturated carbocycles. The summed E-state index contributed by atoms with van der Waals surface area (Å²) in [6, 6.07) is 7.13. The Balaban J connectivity index is 1.92. The molecule has 108 valence electrons. The van der Waals surface area contributed by atoms with Crippen molar-refractivity contribution < 1.29 is 19.1 Å². The minimum absolute atomic E-state index is 0.0914. The van der Waals surface area contributed by atoms with Crippen LogP contribution in [-0.4, -0.2) is 50.1 Å². The molecule has 1 saturated heterocycles. The van der Waals surface area contributed by atoms with Crippen LogP contribution in [0.3, 0.4) is 0 Å². The maximum Gasteiger partial charge on any atom is 0.260 e. The van der Waals surface area contributed by atoms with Crippen molar-refractivity contribution in [3.8, 4) is 11.5 Å². The molecule has 1 fully saturated rings. The fraction of sp³-hybridized carbons (Fsp3) is 0.429. The van der Waals surface area contributed by atoms with E-state index in [2.05, 4.69) is 5.32 Å². The number of hydrogen-bond donors (Lipinski definition) is 1. The number of carbonyl (C=O) groups excluding carboxylic acids is 2. The molecule has 1 aliphatic heterocycles. The number of methoxy groups -OCH3 is 1. The summed E-state index contributed by atoms with van der Waals surface area (Å²) in [5.41, 5.74) is 0. The average molecular weight is 278 g/mol. The van der Waals surface area contributed by atoms with Gasteiger partial charge in [-0.25, -0.2) is 0 Å². The Kier molecular flexibility index (Phi) is 4.81. The molecule has 0 atom stereocenters. The van der Waals surface area contributed by atoms with Crippen molar-refractivity contribution in [1.29, 1.82) is 0 Å². The number of nitrogens with zero attached hydrogens (tertiary/aromatic N) is 1. The molecule has 20 heavy (non-hydrogen) atoms. The summed E-state index contributed by atoms with van der Waals surface area (Å²) in [6.45, 7) is 1.16. The molecular formula is C14H18N2O4. The number of carbonyl (C=O) groups is 2. The highest BCUT2D eigenvalue weighted by Gasteiger charge is 2.20. The highest BCUT2D eigenvalue weighted by Crippen LogP contribution is 2.25. The molecule has 1 N–H and O–H groups in total. The van der Waals surface area contributed by atoms with Crippen LogP contribution in [-0.2, 0) is 9.59 Å². The van der Waals surface area contributed by atoms with E-state index in [-0.39, 0.29) is 25.0 Å². The fourth-order valence-corrected chi connectivity index (χ4v) is 1.99.